The van der Waals surface area contributed by atoms with Crippen molar-refractivity contribution in [3.63, 3.8) is 0 Å². The Kier molecular flexibility index (Phi) is 11.1. The molecule has 0 aromatic carbocycles. The fourth-order valence-electron chi connectivity index (χ4n) is 1.70. The zero-order valence-electron chi connectivity index (χ0n) is 12.7. The molecule has 1 aromatic heterocycles. The van der Waals surface area contributed by atoms with Crippen LogP contribution in [0.4, 0.5) is 0 Å². The Morgan fingerprint density at radius 3 is 2.60 bits per heavy atom. The summed E-state index contributed by atoms with van der Waals surface area (Å²) in [6.45, 7) is 8.57. The smallest absolute Gasteiger partial charge is 0.191 e. The second-order valence-corrected chi connectivity index (χ2v) is 5.67. The highest BCUT2D eigenvalue weighted by molar-refractivity contribution is 14.0. The first-order chi connectivity index (χ1) is 9.19. The molecule has 0 aliphatic carbocycles. The molecule has 1 rings (SSSR count). The summed E-state index contributed by atoms with van der Waals surface area (Å²) < 4.78 is 5.12. The van der Waals surface area contributed by atoms with E-state index < -0.39 is 0 Å². The van der Waals surface area contributed by atoms with E-state index in [-0.39, 0.29) is 30.0 Å². The number of hydrogen-bond donors (Lipinski definition) is 2. The Balaban J connectivity index is 0.00000361. The summed E-state index contributed by atoms with van der Waals surface area (Å²) in [5, 5.41) is 6.58. The lowest BCUT2D eigenvalue weighted by Crippen LogP contribution is -2.43. The number of nitrogens with zero attached hydrogens (tertiary/aromatic N) is 1. The van der Waals surface area contributed by atoms with Crippen LogP contribution in [0.2, 0.25) is 0 Å². The minimum atomic E-state index is 0. The van der Waals surface area contributed by atoms with Gasteiger partial charge in [0, 0.05) is 29.5 Å². The topological polar surface area (TPSA) is 45.7 Å². The Hall–Kier alpha value is -0.340. The number of thiophene rings is 1. The van der Waals surface area contributed by atoms with Crippen molar-refractivity contribution in [3.05, 3.63) is 21.9 Å². The van der Waals surface area contributed by atoms with Gasteiger partial charge in [-0.3, -0.25) is 0 Å². The van der Waals surface area contributed by atoms with Crippen molar-refractivity contribution in [2.75, 3.05) is 20.3 Å². The number of rotatable bonds is 7. The lowest BCUT2D eigenvalue weighted by atomic mass is 10.3. The fourth-order valence-corrected chi connectivity index (χ4v) is 2.58. The number of hydrogen-bond acceptors (Lipinski definition) is 3. The fraction of sp³-hybridized carbons (Fsp3) is 0.643. The molecule has 0 aliphatic heterocycles. The van der Waals surface area contributed by atoms with Crippen LogP contribution >= 0.6 is 35.3 Å². The van der Waals surface area contributed by atoms with Gasteiger partial charge in [-0.05, 0) is 32.4 Å². The van der Waals surface area contributed by atoms with Crippen LogP contribution in [0.5, 0.6) is 0 Å². The normalized spacial score (nSPS) is 12.7. The van der Waals surface area contributed by atoms with Gasteiger partial charge in [0.25, 0.3) is 0 Å². The number of nitrogens with one attached hydrogen (secondary N) is 2. The predicted octanol–water partition coefficient (Wildman–Crippen LogP) is 3.02. The van der Waals surface area contributed by atoms with Crippen LogP contribution in [0, 0.1) is 0 Å². The Labute approximate surface area is 143 Å². The van der Waals surface area contributed by atoms with Crippen molar-refractivity contribution in [2.24, 2.45) is 4.99 Å². The van der Waals surface area contributed by atoms with Crippen molar-refractivity contribution in [1.82, 2.24) is 10.6 Å². The molecule has 4 nitrogen and oxygen atoms in total. The molecule has 116 valence electrons. The van der Waals surface area contributed by atoms with Gasteiger partial charge in [-0.25, -0.2) is 4.99 Å². The molecule has 0 fully saturated rings. The van der Waals surface area contributed by atoms with Gasteiger partial charge >= 0.3 is 0 Å². The molecule has 0 aliphatic rings. The highest BCUT2D eigenvalue weighted by Crippen LogP contribution is 2.17. The van der Waals surface area contributed by atoms with E-state index in [9.17, 15) is 0 Å². The van der Waals surface area contributed by atoms with Gasteiger partial charge in [0.05, 0.1) is 13.2 Å². The number of aryl methyl sites for hydroxylation is 1. The third-order valence-corrected chi connectivity index (χ3v) is 3.82. The average Bonchev–Trinajstić information content (AvgIpc) is 2.84. The van der Waals surface area contributed by atoms with Crippen LogP contribution in [0.3, 0.4) is 0 Å². The van der Waals surface area contributed by atoms with Gasteiger partial charge in [0.2, 0.25) is 0 Å². The van der Waals surface area contributed by atoms with Gasteiger partial charge in [-0.2, -0.15) is 0 Å². The largest absolute Gasteiger partial charge is 0.383 e. The lowest BCUT2D eigenvalue weighted by molar-refractivity contribution is 0.179. The number of halogens is 1. The molecule has 0 saturated heterocycles. The lowest BCUT2D eigenvalue weighted by Gasteiger charge is -2.16. The standard InChI is InChI=1S/C14H25N3OS.HI/c1-5-12-7-8-13(19-12)9-16-14(15-6-2)17-11(3)10-18-4;/h7-8,11H,5-6,9-10H2,1-4H3,(H2,15,16,17);1H. The number of ether oxygens (including phenoxy) is 1. The third-order valence-electron chi connectivity index (χ3n) is 2.60. The molecule has 0 bridgehead atoms. The summed E-state index contributed by atoms with van der Waals surface area (Å²) in [5.41, 5.74) is 0. The Morgan fingerprint density at radius 2 is 2.05 bits per heavy atom. The van der Waals surface area contributed by atoms with Gasteiger partial charge in [-0.1, -0.05) is 6.92 Å². The van der Waals surface area contributed by atoms with Crippen LogP contribution in [0.15, 0.2) is 17.1 Å². The number of guanidine groups is 1. The number of methoxy groups -OCH3 is 1. The molecule has 0 spiro atoms. The highest BCUT2D eigenvalue weighted by atomic mass is 127. The SMILES string of the molecule is CCNC(=NCc1ccc(CC)s1)NC(C)COC.I. The minimum absolute atomic E-state index is 0. The van der Waals surface area contributed by atoms with Crippen molar-refractivity contribution >= 4 is 41.3 Å². The summed E-state index contributed by atoms with van der Waals surface area (Å²) in [4.78, 5) is 7.32. The molecule has 6 heteroatoms. The molecule has 1 heterocycles. The van der Waals surface area contributed by atoms with Crippen molar-refractivity contribution in [1.29, 1.82) is 0 Å². The van der Waals surface area contributed by atoms with Crippen LogP contribution in [0.25, 0.3) is 0 Å². The predicted molar refractivity (Wildman–Crippen MR) is 98.4 cm³/mol. The Bertz CT molecular complexity index is 396. The van der Waals surface area contributed by atoms with Crippen molar-refractivity contribution in [2.45, 2.75) is 39.8 Å². The third kappa shape index (κ3) is 7.44. The molecular weight excluding hydrogens is 385 g/mol. The van der Waals surface area contributed by atoms with E-state index in [0.717, 1.165) is 25.5 Å². The maximum Gasteiger partial charge on any atom is 0.191 e. The summed E-state index contributed by atoms with van der Waals surface area (Å²) in [6.07, 6.45) is 1.09. The van der Waals surface area contributed by atoms with Crippen LogP contribution in [-0.4, -0.2) is 32.3 Å². The first kappa shape index (κ1) is 19.7. The maximum atomic E-state index is 5.12. The second-order valence-electron chi connectivity index (χ2n) is 4.42. The molecule has 0 radical (unpaired) electrons. The van der Waals surface area contributed by atoms with E-state index in [2.05, 4.69) is 48.5 Å². The van der Waals surface area contributed by atoms with Crippen LogP contribution in [0.1, 0.15) is 30.5 Å². The highest BCUT2D eigenvalue weighted by Gasteiger charge is 2.04. The monoisotopic (exact) mass is 411 g/mol. The van der Waals surface area contributed by atoms with E-state index >= 15 is 0 Å². The zero-order chi connectivity index (χ0) is 14.1. The van der Waals surface area contributed by atoms with Gasteiger partial charge in [-0.15, -0.1) is 35.3 Å². The van der Waals surface area contributed by atoms with E-state index in [1.54, 1.807) is 7.11 Å². The van der Waals surface area contributed by atoms with E-state index in [1.165, 1.54) is 9.75 Å². The summed E-state index contributed by atoms with van der Waals surface area (Å²) >= 11 is 1.83. The molecule has 1 aromatic rings. The summed E-state index contributed by atoms with van der Waals surface area (Å²) in [7, 11) is 1.71. The van der Waals surface area contributed by atoms with E-state index in [1.807, 2.05) is 11.3 Å². The van der Waals surface area contributed by atoms with Crippen LogP contribution < -0.4 is 10.6 Å². The molecule has 0 amide bonds. The van der Waals surface area contributed by atoms with E-state index in [4.69, 9.17) is 4.74 Å². The molecule has 2 N–H and O–H groups in total. The number of aliphatic imine (C=N–C) groups is 1. The zero-order valence-corrected chi connectivity index (χ0v) is 15.9. The Morgan fingerprint density at radius 1 is 1.35 bits per heavy atom. The average molecular weight is 411 g/mol. The minimum Gasteiger partial charge on any atom is -0.383 e. The summed E-state index contributed by atoms with van der Waals surface area (Å²) in [6, 6.07) is 4.59. The molecule has 1 atom stereocenters. The van der Waals surface area contributed by atoms with Gasteiger partial charge in [0.1, 0.15) is 0 Å². The first-order valence-corrected chi connectivity index (χ1v) is 7.62. The second kappa shape index (κ2) is 11.3. The van der Waals surface area contributed by atoms with Crippen molar-refractivity contribution in [3.8, 4) is 0 Å². The summed E-state index contributed by atoms with van der Waals surface area (Å²) in [5.74, 6) is 0.846. The quantitative estimate of drug-likeness (QED) is 0.412. The molecule has 1 unspecified atom stereocenters. The van der Waals surface area contributed by atoms with Crippen molar-refractivity contribution < 1.29 is 4.74 Å². The maximum absolute atomic E-state index is 5.12. The first-order valence-electron chi connectivity index (χ1n) is 6.80. The molecule has 20 heavy (non-hydrogen) atoms. The molecular formula is C14H26IN3OS. The van der Waals surface area contributed by atoms with Crippen LogP contribution in [-0.2, 0) is 17.7 Å². The van der Waals surface area contributed by atoms with Gasteiger partial charge in [0.15, 0.2) is 5.96 Å². The molecule has 0 saturated carbocycles. The van der Waals surface area contributed by atoms with Gasteiger partial charge < -0.3 is 15.4 Å². The van der Waals surface area contributed by atoms with E-state index in [0.29, 0.717) is 6.61 Å².